The molecule has 2 N–H and O–H groups in total. The predicted octanol–water partition coefficient (Wildman–Crippen LogP) is 4.59. The highest BCUT2D eigenvalue weighted by Crippen LogP contribution is 2.19. The van der Waals surface area contributed by atoms with Crippen LogP contribution in [-0.4, -0.2) is 16.7 Å². The maximum absolute atomic E-state index is 12.5. The molecule has 0 radical (unpaired) electrons. The van der Waals surface area contributed by atoms with Crippen LogP contribution < -0.4 is 10.6 Å². The third kappa shape index (κ3) is 4.33. The van der Waals surface area contributed by atoms with Gasteiger partial charge in [0.1, 0.15) is 0 Å². The lowest BCUT2D eigenvalue weighted by atomic mass is 10.1. The topological polar surface area (TPSA) is 71.1 Å². The second kappa shape index (κ2) is 7.61. The minimum absolute atomic E-state index is 0.0490. The normalized spacial score (nSPS) is 10.2. The number of nitrogens with one attached hydrogen (secondary N) is 2. The summed E-state index contributed by atoms with van der Waals surface area (Å²) in [4.78, 5) is 28.1. The number of rotatable bonds is 5. The number of benzene rings is 2. The molecular formula is C21H19N3O2. The first-order chi connectivity index (χ1) is 12.5. The number of nitrogens with zero attached hydrogens (tertiary/aromatic N) is 1. The first kappa shape index (κ1) is 17.4. The molecule has 1 aromatic heterocycles. The number of hydrogen-bond acceptors (Lipinski definition) is 4. The third-order valence-electron chi connectivity index (χ3n) is 3.83. The van der Waals surface area contributed by atoms with Crippen LogP contribution in [0.5, 0.6) is 0 Å². The van der Waals surface area contributed by atoms with Gasteiger partial charge in [0.05, 0.1) is 17.4 Å². The quantitative estimate of drug-likeness (QED) is 0.664. The zero-order valence-corrected chi connectivity index (χ0v) is 14.6. The standard InChI is InChI=1S/C21H19N3O2/c1-14-5-3-7-18(9-14)23-20-11-17(12-22-13-20)21(26)24-19-8-4-6-16(10-19)15(2)25/h3-13,23H,1-2H3,(H,24,26). The average Bonchev–Trinajstić information content (AvgIpc) is 2.62. The van der Waals surface area contributed by atoms with Gasteiger partial charge in [-0.2, -0.15) is 0 Å². The van der Waals surface area contributed by atoms with Gasteiger partial charge in [-0.25, -0.2) is 0 Å². The molecule has 2 aromatic carbocycles. The number of carbonyl (C=O) groups excluding carboxylic acids is 2. The van der Waals surface area contributed by atoms with Gasteiger partial charge in [0, 0.05) is 23.1 Å². The van der Waals surface area contributed by atoms with Crippen LogP contribution in [-0.2, 0) is 0 Å². The zero-order chi connectivity index (χ0) is 18.5. The number of hydrogen-bond donors (Lipinski definition) is 2. The van der Waals surface area contributed by atoms with Gasteiger partial charge >= 0.3 is 0 Å². The molecule has 1 heterocycles. The summed E-state index contributed by atoms with van der Waals surface area (Å²) in [7, 11) is 0. The predicted molar refractivity (Wildman–Crippen MR) is 103 cm³/mol. The molecule has 3 aromatic rings. The van der Waals surface area contributed by atoms with E-state index in [9.17, 15) is 9.59 Å². The molecule has 5 heteroatoms. The highest BCUT2D eigenvalue weighted by molar-refractivity contribution is 6.05. The van der Waals surface area contributed by atoms with Crippen LogP contribution in [0.2, 0.25) is 0 Å². The largest absolute Gasteiger partial charge is 0.354 e. The Kier molecular flexibility index (Phi) is 5.08. The Morgan fingerprint density at radius 1 is 0.846 bits per heavy atom. The van der Waals surface area contributed by atoms with Gasteiger partial charge < -0.3 is 10.6 Å². The van der Waals surface area contributed by atoms with Crippen LogP contribution in [0, 0.1) is 6.92 Å². The Labute approximate surface area is 152 Å². The maximum atomic E-state index is 12.5. The minimum atomic E-state index is -0.286. The zero-order valence-electron chi connectivity index (χ0n) is 14.6. The van der Waals surface area contributed by atoms with E-state index in [0.717, 1.165) is 16.9 Å². The first-order valence-corrected chi connectivity index (χ1v) is 8.22. The Hall–Kier alpha value is -3.47. The Bertz CT molecular complexity index is 967. The minimum Gasteiger partial charge on any atom is -0.354 e. The van der Waals surface area contributed by atoms with E-state index in [2.05, 4.69) is 15.6 Å². The average molecular weight is 345 g/mol. The van der Waals surface area contributed by atoms with Gasteiger partial charge in [-0.15, -0.1) is 0 Å². The number of ketones is 1. The van der Waals surface area contributed by atoms with Gasteiger partial charge in [-0.05, 0) is 49.7 Å². The molecule has 0 saturated carbocycles. The molecule has 0 spiro atoms. The number of pyridine rings is 1. The highest BCUT2D eigenvalue weighted by Gasteiger charge is 2.09. The summed E-state index contributed by atoms with van der Waals surface area (Å²) >= 11 is 0. The molecule has 0 saturated heterocycles. The number of carbonyl (C=O) groups is 2. The molecule has 3 rings (SSSR count). The fraction of sp³-hybridized carbons (Fsp3) is 0.0952. The summed E-state index contributed by atoms with van der Waals surface area (Å²) in [6.45, 7) is 3.51. The molecule has 0 aliphatic carbocycles. The lowest BCUT2D eigenvalue weighted by Gasteiger charge is -2.09. The van der Waals surface area contributed by atoms with Crippen molar-refractivity contribution in [3.05, 3.63) is 83.7 Å². The lowest BCUT2D eigenvalue weighted by Crippen LogP contribution is -2.13. The number of aryl methyl sites for hydroxylation is 1. The Balaban J connectivity index is 1.76. The van der Waals surface area contributed by atoms with Gasteiger partial charge in [-0.1, -0.05) is 24.3 Å². The van der Waals surface area contributed by atoms with Crippen LogP contribution in [0.3, 0.4) is 0 Å². The van der Waals surface area contributed by atoms with Crippen molar-refractivity contribution in [2.45, 2.75) is 13.8 Å². The van der Waals surface area contributed by atoms with Crippen molar-refractivity contribution < 1.29 is 9.59 Å². The molecule has 26 heavy (non-hydrogen) atoms. The van der Waals surface area contributed by atoms with Crippen molar-refractivity contribution in [2.24, 2.45) is 0 Å². The number of Topliss-reactive ketones (excluding diaryl/α,β-unsaturated/α-hetero) is 1. The fourth-order valence-electron chi connectivity index (χ4n) is 2.54. The van der Waals surface area contributed by atoms with E-state index < -0.39 is 0 Å². The number of aromatic nitrogens is 1. The number of amides is 1. The van der Waals surface area contributed by atoms with Crippen LogP contribution in [0.25, 0.3) is 0 Å². The third-order valence-corrected chi connectivity index (χ3v) is 3.83. The molecule has 0 aliphatic rings. The smallest absolute Gasteiger partial charge is 0.257 e. The maximum Gasteiger partial charge on any atom is 0.257 e. The van der Waals surface area contributed by atoms with E-state index in [1.165, 1.54) is 13.1 Å². The lowest BCUT2D eigenvalue weighted by molar-refractivity contribution is 0.101. The van der Waals surface area contributed by atoms with E-state index in [4.69, 9.17) is 0 Å². The fourth-order valence-corrected chi connectivity index (χ4v) is 2.54. The van der Waals surface area contributed by atoms with Gasteiger partial charge in [-0.3, -0.25) is 14.6 Å². The van der Waals surface area contributed by atoms with Crippen LogP contribution in [0.15, 0.2) is 67.0 Å². The summed E-state index contributed by atoms with van der Waals surface area (Å²) in [5.41, 5.74) is 4.34. The monoisotopic (exact) mass is 345 g/mol. The molecular weight excluding hydrogens is 326 g/mol. The second-order valence-corrected chi connectivity index (χ2v) is 6.05. The highest BCUT2D eigenvalue weighted by atomic mass is 16.1. The van der Waals surface area contributed by atoms with E-state index in [1.54, 1.807) is 36.5 Å². The molecule has 0 fully saturated rings. The summed E-state index contributed by atoms with van der Waals surface area (Å²) in [5, 5.41) is 6.04. The van der Waals surface area contributed by atoms with Crippen LogP contribution in [0.4, 0.5) is 17.1 Å². The molecule has 0 bridgehead atoms. The molecule has 0 atom stereocenters. The van der Waals surface area contributed by atoms with Crippen molar-refractivity contribution in [1.29, 1.82) is 0 Å². The second-order valence-electron chi connectivity index (χ2n) is 6.05. The Morgan fingerprint density at radius 2 is 1.58 bits per heavy atom. The molecule has 130 valence electrons. The van der Waals surface area contributed by atoms with E-state index in [-0.39, 0.29) is 11.7 Å². The van der Waals surface area contributed by atoms with Crippen molar-refractivity contribution in [2.75, 3.05) is 10.6 Å². The van der Waals surface area contributed by atoms with E-state index in [0.29, 0.717) is 16.8 Å². The van der Waals surface area contributed by atoms with E-state index >= 15 is 0 Å². The molecule has 0 aliphatic heterocycles. The van der Waals surface area contributed by atoms with Crippen molar-refractivity contribution in [3.8, 4) is 0 Å². The van der Waals surface area contributed by atoms with Crippen LogP contribution in [0.1, 0.15) is 33.2 Å². The molecule has 5 nitrogen and oxygen atoms in total. The van der Waals surface area contributed by atoms with Gasteiger partial charge in [0.25, 0.3) is 5.91 Å². The Morgan fingerprint density at radius 3 is 2.35 bits per heavy atom. The molecule has 0 unspecified atom stereocenters. The number of anilines is 3. The summed E-state index contributed by atoms with van der Waals surface area (Å²) in [6.07, 6.45) is 3.17. The molecule has 1 amide bonds. The van der Waals surface area contributed by atoms with Crippen molar-refractivity contribution >= 4 is 28.8 Å². The summed E-state index contributed by atoms with van der Waals surface area (Å²) in [6, 6.07) is 16.5. The van der Waals surface area contributed by atoms with Crippen LogP contribution >= 0.6 is 0 Å². The first-order valence-electron chi connectivity index (χ1n) is 8.22. The summed E-state index contributed by atoms with van der Waals surface area (Å²) in [5.74, 6) is -0.335. The van der Waals surface area contributed by atoms with Gasteiger partial charge in [0.2, 0.25) is 0 Å². The van der Waals surface area contributed by atoms with Crippen molar-refractivity contribution in [1.82, 2.24) is 4.98 Å². The SMILES string of the molecule is CC(=O)c1cccc(NC(=O)c2cncc(Nc3cccc(C)c3)c2)c1. The van der Waals surface area contributed by atoms with Gasteiger partial charge in [0.15, 0.2) is 5.78 Å². The van der Waals surface area contributed by atoms with Crippen molar-refractivity contribution in [3.63, 3.8) is 0 Å². The van der Waals surface area contributed by atoms with E-state index in [1.807, 2.05) is 31.2 Å². The summed E-state index contributed by atoms with van der Waals surface area (Å²) < 4.78 is 0.